The molecular formula is C15H22N2O4S. The van der Waals surface area contributed by atoms with E-state index in [2.05, 4.69) is 10.0 Å². The Morgan fingerprint density at radius 1 is 1.14 bits per heavy atom. The topological polar surface area (TPSA) is 95.5 Å². The first kappa shape index (κ1) is 16.9. The number of hydrogen-bond acceptors (Lipinski definition) is 4. The molecule has 22 heavy (non-hydrogen) atoms. The van der Waals surface area contributed by atoms with E-state index in [0.717, 1.165) is 12.8 Å². The molecule has 1 fully saturated rings. The second-order valence-corrected chi connectivity index (χ2v) is 7.30. The fourth-order valence-electron chi connectivity index (χ4n) is 2.50. The Balaban J connectivity index is 1.73. The van der Waals surface area contributed by atoms with Crippen molar-refractivity contribution in [3.8, 4) is 0 Å². The number of nitrogens with one attached hydrogen (secondary N) is 2. The highest BCUT2D eigenvalue weighted by molar-refractivity contribution is 7.89. The molecule has 3 N–H and O–H groups in total. The van der Waals surface area contributed by atoms with Gasteiger partial charge in [0.15, 0.2) is 0 Å². The van der Waals surface area contributed by atoms with Gasteiger partial charge in [-0.1, -0.05) is 18.2 Å². The van der Waals surface area contributed by atoms with Crippen LogP contribution < -0.4 is 10.0 Å². The Morgan fingerprint density at radius 3 is 2.41 bits per heavy atom. The van der Waals surface area contributed by atoms with E-state index in [1.54, 1.807) is 18.2 Å². The third-order valence-corrected chi connectivity index (χ3v) is 5.24. The molecule has 6 nitrogen and oxygen atoms in total. The molecule has 0 aliphatic heterocycles. The number of rotatable bonds is 6. The van der Waals surface area contributed by atoms with E-state index in [9.17, 15) is 18.3 Å². The lowest BCUT2D eigenvalue weighted by Crippen LogP contribution is -2.40. The first-order chi connectivity index (χ1) is 10.5. The number of aliphatic hydroxyl groups is 1. The zero-order chi connectivity index (χ0) is 16.0. The molecule has 7 heteroatoms. The summed E-state index contributed by atoms with van der Waals surface area (Å²) >= 11 is 0. The van der Waals surface area contributed by atoms with Crippen molar-refractivity contribution < 1.29 is 18.3 Å². The predicted octanol–water partition coefficient (Wildman–Crippen LogP) is 0.775. The maximum absolute atomic E-state index is 12.0. The van der Waals surface area contributed by atoms with E-state index in [1.807, 2.05) is 0 Å². The molecule has 0 aromatic heterocycles. The molecule has 1 aliphatic rings. The van der Waals surface area contributed by atoms with Gasteiger partial charge >= 0.3 is 0 Å². The van der Waals surface area contributed by atoms with E-state index in [0.29, 0.717) is 12.8 Å². The van der Waals surface area contributed by atoms with Crippen molar-refractivity contribution in [3.63, 3.8) is 0 Å². The second kappa shape index (κ2) is 7.71. The smallest absolute Gasteiger partial charge is 0.240 e. The highest BCUT2D eigenvalue weighted by atomic mass is 32.2. The molecule has 0 saturated heterocycles. The van der Waals surface area contributed by atoms with Crippen molar-refractivity contribution in [2.24, 2.45) is 0 Å². The normalized spacial score (nSPS) is 22.2. The fraction of sp³-hybridized carbons (Fsp3) is 0.533. The predicted molar refractivity (Wildman–Crippen MR) is 82.7 cm³/mol. The minimum absolute atomic E-state index is 0.0679. The summed E-state index contributed by atoms with van der Waals surface area (Å²) in [5.41, 5.74) is 0. The minimum Gasteiger partial charge on any atom is -0.393 e. The monoisotopic (exact) mass is 326 g/mol. The Kier molecular flexibility index (Phi) is 5.93. The Hall–Kier alpha value is -1.44. The van der Waals surface area contributed by atoms with Crippen LogP contribution in [0.3, 0.4) is 0 Å². The van der Waals surface area contributed by atoms with Gasteiger partial charge in [0.25, 0.3) is 0 Å². The number of benzene rings is 1. The highest BCUT2D eigenvalue weighted by Crippen LogP contribution is 2.18. The van der Waals surface area contributed by atoms with E-state index >= 15 is 0 Å². The summed E-state index contributed by atoms with van der Waals surface area (Å²) in [5, 5.41) is 12.3. The van der Waals surface area contributed by atoms with Gasteiger partial charge in [0.05, 0.1) is 11.0 Å². The molecule has 122 valence electrons. The van der Waals surface area contributed by atoms with E-state index in [-0.39, 0.29) is 35.9 Å². The van der Waals surface area contributed by atoms with Crippen molar-refractivity contribution in [1.82, 2.24) is 10.0 Å². The van der Waals surface area contributed by atoms with E-state index < -0.39 is 10.0 Å². The fourth-order valence-corrected chi connectivity index (χ4v) is 3.55. The molecule has 1 amide bonds. The maximum Gasteiger partial charge on any atom is 0.240 e. The standard InChI is InChI=1S/C15H22N2O4S/c18-13-8-6-12(7-9-13)17-15(19)10-11-16-22(20,21)14-4-2-1-3-5-14/h1-5,12-13,16,18H,6-11H2,(H,17,19). The van der Waals surface area contributed by atoms with Crippen molar-refractivity contribution in [1.29, 1.82) is 0 Å². The number of hydrogen-bond donors (Lipinski definition) is 3. The van der Waals surface area contributed by atoms with Crippen LogP contribution in [0.4, 0.5) is 0 Å². The molecule has 2 rings (SSSR count). The summed E-state index contributed by atoms with van der Waals surface area (Å²) in [6, 6.07) is 8.15. The van der Waals surface area contributed by atoms with Crippen molar-refractivity contribution in [3.05, 3.63) is 30.3 Å². The van der Waals surface area contributed by atoms with Crippen molar-refractivity contribution >= 4 is 15.9 Å². The summed E-state index contributed by atoms with van der Waals surface area (Å²) in [5.74, 6) is -0.169. The summed E-state index contributed by atoms with van der Waals surface area (Å²) < 4.78 is 26.4. The van der Waals surface area contributed by atoms with Crippen LogP contribution in [0.1, 0.15) is 32.1 Å². The molecule has 0 heterocycles. The lowest BCUT2D eigenvalue weighted by atomic mass is 9.93. The minimum atomic E-state index is -3.56. The number of carbonyl (C=O) groups is 1. The lowest BCUT2D eigenvalue weighted by molar-refractivity contribution is -0.122. The maximum atomic E-state index is 12.0. The largest absolute Gasteiger partial charge is 0.393 e. The Bertz CT molecular complexity index is 581. The van der Waals surface area contributed by atoms with Gasteiger partial charge in [-0.05, 0) is 37.8 Å². The Labute approximate surface area is 131 Å². The molecule has 0 spiro atoms. The van der Waals surface area contributed by atoms with Gasteiger partial charge < -0.3 is 10.4 Å². The zero-order valence-corrected chi connectivity index (χ0v) is 13.2. The first-order valence-corrected chi connectivity index (χ1v) is 8.98. The molecule has 1 aromatic rings. The van der Waals surface area contributed by atoms with Gasteiger partial charge in [0.2, 0.25) is 15.9 Å². The van der Waals surface area contributed by atoms with Crippen LogP contribution in [0.15, 0.2) is 35.2 Å². The van der Waals surface area contributed by atoms with Crippen LogP contribution in [-0.4, -0.2) is 38.1 Å². The quantitative estimate of drug-likeness (QED) is 0.720. The molecule has 1 saturated carbocycles. The molecule has 1 aliphatic carbocycles. The summed E-state index contributed by atoms with van der Waals surface area (Å²) in [4.78, 5) is 12.0. The second-order valence-electron chi connectivity index (χ2n) is 5.53. The van der Waals surface area contributed by atoms with Crippen molar-refractivity contribution in [2.75, 3.05) is 6.54 Å². The summed E-state index contributed by atoms with van der Waals surface area (Å²) in [6.45, 7) is 0.0679. The Morgan fingerprint density at radius 2 is 1.77 bits per heavy atom. The number of amides is 1. The van der Waals surface area contributed by atoms with E-state index in [1.165, 1.54) is 12.1 Å². The van der Waals surface area contributed by atoms with Gasteiger partial charge in [-0.3, -0.25) is 4.79 Å². The molecule has 0 atom stereocenters. The van der Waals surface area contributed by atoms with Crippen LogP contribution in [0, 0.1) is 0 Å². The van der Waals surface area contributed by atoms with Crippen LogP contribution in [0.25, 0.3) is 0 Å². The van der Waals surface area contributed by atoms with Gasteiger partial charge in [-0.25, -0.2) is 13.1 Å². The lowest BCUT2D eigenvalue weighted by Gasteiger charge is -2.26. The highest BCUT2D eigenvalue weighted by Gasteiger charge is 2.21. The van der Waals surface area contributed by atoms with Crippen LogP contribution in [0.2, 0.25) is 0 Å². The number of carbonyl (C=O) groups excluding carboxylic acids is 1. The first-order valence-electron chi connectivity index (χ1n) is 7.49. The van der Waals surface area contributed by atoms with Gasteiger partial charge in [-0.15, -0.1) is 0 Å². The van der Waals surface area contributed by atoms with Gasteiger partial charge in [0, 0.05) is 19.0 Å². The van der Waals surface area contributed by atoms with E-state index in [4.69, 9.17) is 0 Å². The van der Waals surface area contributed by atoms with Gasteiger partial charge in [0.1, 0.15) is 0 Å². The zero-order valence-electron chi connectivity index (χ0n) is 12.4. The van der Waals surface area contributed by atoms with Crippen LogP contribution in [-0.2, 0) is 14.8 Å². The third kappa shape index (κ3) is 5.08. The average molecular weight is 326 g/mol. The van der Waals surface area contributed by atoms with Crippen molar-refractivity contribution in [2.45, 2.75) is 49.1 Å². The van der Waals surface area contributed by atoms with Crippen LogP contribution in [0.5, 0.6) is 0 Å². The molecular weight excluding hydrogens is 304 g/mol. The average Bonchev–Trinajstić information content (AvgIpc) is 2.50. The molecule has 0 radical (unpaired) electrons. The molecule has 1 aromatic carbocycles. The molecule has 0 bridgehead atoms. The third-order valence-electron chi connectivity index (χ3n) is 3.76. The SMILES string of the molecule is O=C(CCNS(=O)(=O)c1ccccc1)NC1CCC(O)CC1. The summed E-state index contributed by atoms with van der Waals surface area (Å²) in [7, 11) is -3.56. The molecule has 0 unspecified atom stereocenters. The van der Waals surface area contributed by atoms with Gasteiger partial charge in [-0.2, -0.15) is 0 Å². The van der Waals surface area contributed by atoms with Crippen LogP contribution >= 0.6 is 0 Å². The number of aliphatic hydroxyl groups excluding tert-OH is 1. The number of sulfonamides is 1. The summed E-state index contributed by atoms with van der Waals surface area (Å²) in [6.07, 6.45) is 2.78.